The van der Waals surface area contributed by atoms with Crippen LogP contribution >= 0.6 is 0 Å². The van der Waals surface area contributed by atoms with E-state index in [0.717, 1.165) is 13.1 Å². The Bertz CT molecular complexity index is 203. The van der Waals surface area contributed by atoms with Gasteiger partial charge in [0.1, 0.15) is 0 Å². The number of nitrogens with zero attached hydrogens (tertiary/aromatic N) is 1. The van der Waals surface area contributed by atoms with Gasteiger partial charge < -0.3 is 9.64 Å². The highest BCUT2D eigenvalue weighted by molar-refractivity contribution is 5.73. The quantitative estimate of drug-likeness (QED) is 0.562. The van der Waals surface area contributed by atoms with Crippen LogP contribution < -0.4 is 0 Å². The average molecular weight is 183 g/mol. The van der Waals surface area contributed by atoms with E-state index in [4.69, 9.17) is 4.74 Å². The fourth-order valence-corrected chi connectivity index (χ4v) is 2.98. The molecule has 1 saturated carbocycles. The summed E-state index contributed by atoms with van der Waals surface area (Å²) in [5.74, 6) is 1.31. The number of piperidine rings is 1. The highest BCUT2D eigenvalue weighted by atomic mass is 16.5. The molecule has 1 saturated heterocycles. The average Bonchev–Trinajstić information content (AvgIpc) is 2.37. The Hall–Kier alpha value is -0.570. The lowest BCUT2D eigenvalue weighted by molar-refractivity contribution is -0.150. The standard InChI is InChI=1S/C10H17NO2/c1-11-5-7-3-4-8(6-11)9(7)10(12)13-2/h7-9H,3-6H2,1-2H3. The molecule has 74 valence electrons. The van der Waals surface area contributed by atoms with Gasteiger partial charge in [0.15, 0.2) is 0 Å². The van der Waals surface area contributed by atoms with Crippen LogP contribution in [0.5, 0.6) is 0 Å². The molecule has 2 unspecified atom stereocenters. The van der Waals surface area contributed by atoms with Gasteiger partial charge in [0.2, 0.25) is 0 Å². The minimum Gasteiger partial charge on any atom is -0.469 e. The van der Waals surface area contributed by atoms with Crippen LogP contribution in [-0.2, 0) is 9.53 Å². The maximum absolute atomic E-state index is 11.5. The molecule has 0 aromatic carbocycles. The van der Waals surface area contributed by atoms with E-state index in [-0.39, 0.29) is 11.9 Å². The number of carbonyl (C=O) groups is 1. The molecular weight excluding hydrogens is 166 g/mol. The molecule has 2 rings (SSSR count). The molecule has 0 amide bonds. The highest BCUT2D eigenvalue weighted by Crippen LogP contribution is 2.41. The van der Waals surface area contributed by atoms with Gasteiger partial charge in [-0.25, -0.2) is 0 Å². The SMILES string of the molecule is COC(=O)C1C2CCC1CN(C)C2. The molecule has 13 heavy (non-hydrogen) atoms. The number of esters is 1. The van der Waals surface area contributed by atoms with E-state index in [1.807, 2.05) is 0 Å². The summed E-state index contributed by atoms with van der Waals surface area (Å²) in [6.45, 7) is 2.13. The molecule has 2 atom stereocenters. The summed E-state index contributed by atoms with van der Waals surface area (Å²) in [7, 11) is 3.64. The molecule has 0 aromatic heterocycles. The van der Waals surface area contributed by atoms with Crippen LogP contribution in [0.2, 0.25) is 0 Å². The smallest absolute Gasteiger partial charge is 0.309 e. The second kappa shape index (κ2) is 3.29. The van der Waals surface area contributed by atoms with Gasteiger partial charge in [0, 0.05) is 13.1 Å². The predicted molar refractivity (Wildman–Crippen MR) is 49.2 cm³/mol. The maximum Gasteiger partial charge on any atom is 0.309 e. The molecule has 0 radical (unpaired) electrons. The molecule has 1 aliphatic heterocycles. The van der Waals surface area contributed by atoms with Gasteiger partial charge in [-0.15, -0.1) is 0 Å². The van der Waals surface area contributed by atoms with Crippen molar-refractivity contribution in [3.63, 3.8) is 0 Å². The molecular formula is C10H17NO2. The van der Waals surface area contributed by atoms with Crippen molar-refractivity contribution >= 4 is 5.97 Å². The first-order chi connectivity index (χ1) is 6.22. The monoisotopic (exact) mass is 183 g/mol. The van der Waals surface area contributed by atoms with Gasteiger partial charge in [-0.1, -0.05) is 0 Å². The lowest BCUT2D eigenvalue weighted by Gasteiger charge is -2.34. The van der Waals surface area contributed by atoms with Crippen molar-refractivity contribution in [3.8, 4) is 0 Å². The Kier molecular flexibility index (Phi) is 2.28. The number of carbonyl (C=O) groups excluding carboxylic acids is 1. The molecule has 0 spiro atoms. The molecule has 2 aliphatic rings. The zero-order valence-corrected chi connectivity index (χ0v) is 8.32. The Labute approximate surface area is 79.0 Å². The van der Waals surface area contributed by atoms with Crippen molar-refractivity contribution < 1.29 is 9.53 Å². The molecule has 2 fully saturated rings. The number of fused-ring (bicyclic) bond motifs is 2. The Morgan fingerprint density at radius 3 is 2.31 bits per heavy atom. The summed E-state index contributed by atoms with van der Waals surface area (Å²) in [4.78, 5) is 13.8. The van der Waals surface area contributed by atoms with E-state index in [1.165, 1.54) is 20.0 Å². The zero-order chi connectivity index (χ0) is 9.42. The fraction of sp³-hybridized carbons (Fsp3) is 0.900. The third kappa shape index (κ3) is 1.46. The van der Waals surface area contributed by atoms with Crippen LogP contribution in [0.3, 0.4) is 0 Å². The molecule has 3 nitrogen and oxygen atoms in total. The topological polar surface area (TPSA) is 29.5 Å². The van der Waals surface area contributed by atoms with E-state index in [9.17, 15) is 4.79 Å². The van der Waals surface area contributed by atoms with Crippen molar-refractivity contribution in [2.75, 3.05) is 27.2 Å². The van der Waals surface area contributed by atoms with E-state index in [1.54, 1.807) is 0 Å². The molecule has 3 heteroatoms. The van der Waals surface area contributed by atoms with E-state index < -0.39 is 0 Å². The molecule has 0 aromatic rings. The van der Waals surface area contributed by atoms with Gasteiger partial charge in [-0.05, 0) is 31.7 Å². The van der Waals surface area contributed by atoms with Crippen molar-refractivity contribution in [2.24, 2.45) is 17.8 Å². The first kappa shape index (κ1) is 9.00. The number of methoxy groups -OCH3 is 1. The van der Waals surface area contributed by atoms with Gasteiger partial charge >= 0.3 is 5.97 Å². The lowest BCUT2D eigenvalue weighted by Crippen LogP contribution is -2.43. The number of ether oxygens (including phenoxy) is 1. The van der Waals surface area contributed by atoms with Crippen molar-refractivity contribution in [2.45, 2.75) is 12.8 Å². The molecule has 0 N–H and O–H groups in total. The van der Waals surface area contributed by atoms with Crippen LogP contribution in [0, 0.1) is 17.8 Å². The second-order valence-electron chi connectivity index (χ2n) is 4.37. The normalized spacial score (nSPS) is 39.1. The maximum atomic E-state index is 11.5. The summed E-state index contributed by atoms with van der Waals surface area (Å²) < 4.78 is 4.85. The third-order valence-electron chi connectivity index (χ3n) is 3.49. The zero-order valence-electron chi connectivity index (χ0n) is 8.32. The minimum atomic E-state index is 0.0144. The van der Waals surface area contributed by atoms with Crippen LogP contribution in [0.25, 0.3) is 0 Å². The number of hydrogen-bond acceptors (Lipinski definition) is 3. The van der Waals surface area contributed by atoms with E-state index >= 15 is 0 Å². The van der Waals surface area contributed by atoms with Crippen molar-refractivity contribution in [1.82, 2.24) is 4.90 Å². The largest absolute Gasteiger partial charge is 0.469 e. The Morgan fingerprint density at radius 1 is 1.31 bits per heavy atom. The van der Waals surface area contributed by atoms with Crippen LogP contribution in [0.15, 0.2) is 0 Å². The second-order valence-corrected chi connectivity index (χ2v) is 4.37. The summed E-state index contributed by atoms with van der Waals surface area (Å²) >= 11 is 0. The molecule has 1 aliphatic carbocycles. The molecule has 2 bridgehead atoms. The van der Waals surface area contributed by atoms with Crippen molar-refractivity contribution in [1.29, 1.82) is 0 Å². The lowest BCUT2D eigenvalue weighted by atomic mass is 9.85. The van der Waals surface area contributed by atoms with E-state index in [2.05, 4.69) is 11.9 Å². The van der Waals surface area contributed by atoms with Crippen LogP contribution in [0.1, 0.15) is 12.8 Å². The predicted octanol–water partition coefficient (Wildman–Crippen LogP) is 0.747. The van der Waals surface area contributed by atoms with Gasteiger partial charge in [-0.3, -0.25) is 4.79 Å². The number of hydrogen-bond donors (Lipinski definition) is 0. The van der Waals surface area contributed by atoms with Gasteiger partial charge in [0.25, 0.3) is 0 Å². The molecule has 1 heterocycles. The summed E-state index contributed by atoms with van der Waals surface area (Å²) in [5, 5.41) is 0. The number of rotatable bonds is 1. The Morgan fingerprint density at radius 2 is 1.85 bits per heavy atom. The first-order valence-electron chi connectivity index (χ1n) is 4.98. The van der Waals surface area contributed by atoms with E-state index in [0.29, 0.717) is 11.8 Å². The Balaban J connectivity index is 2.10. The van der Waals surface area contributed by atoms with Crippen LogP contribution in [-0.4, -0.2) is 38.1 Å². The van der Waals surface area contributed by atoms with Gasteiger partial charge in [0.05, 0.1) is 13.0 Å². The van der Waals surface area contributed by atoms with Crippen molar-refractivity contribution in [3.05, 3.63) is 0 Å². The third-order valence-corrected chi connectivity index (χ3v) is 3.49. The highest BCUT2D eigenvalue weighted by Gasteiger charge is 2.45. The first-order valence-corrected chi connectivity index (χ1v) is 4.98. The van der Waals surface area contributed by atoms with Crippen LogP contribution in [0.4, 0.5) is 0 Å². The minimum absolute atomic E-state index is 0.0144. The fourth-order valence-electron chi connectivity index (χ4n) is 2.98. The summed E-state index contributed by atoms with van der Waals surface area (Å²) in [6, 6.07) is 0. The summed E-state index contributed by atoms with van der Waals surface area (Å²) in [6.07, 6.45) is 2.41. The number of likely N-dealkylation sites (tertiary alicyclic amines) is 1. The summed E-state index contributed by atoms with van der Waals surface area (Å²) in [5.41, 5.74) is 0. The van der Waals surface area contributed by atoms with Gasteiger partial charge in [-0.2, -0.15) is 0 Å².